The van der Waals surface area contributed by atoms with Crippen molar-refractivity contribution in [3.05, 3.63) is 18.2 Å². The van der Waals surface area contributed by atoms with Gasteiger partial charge in [0, 0.05) is 63.2 Å². The number of likely N-dealkylation sites (N-methyl/N-ethyl adjacent to an activating group) is 1. The zero-order chi connectivity index (χ0) is 21.1. The maximum absolute atomic E-state index is 5.41. The van der Waals surface area contributed by atoms with E-state index in [4.69, 9.17) is 9.47 Å². The SMILES string of the molecule is CCCN(CC)CCNC(=NC)NC1CCN(c2cc(OC)cc(OC)c2)CC1.I. The molecule has 1 aliphatic rings. The number of aliphatic imine (C=N–C) groups is 1. The standard InChI is InChI=1S/C22H39N5O2.HI/c1-6-11-26(7-2)14-10-24-22(23-3)25-18-8-12-27(13-9-18)19-15-20(28-4)17-21(16-19)29-5;/h15-18H,6-14H2,1-5H3,(H2,23,24,25);1H. The normalized spacial score (nSPS) is 15.0. The van der Waals surface area contributed by atoms with Crippen molar-refractivity contribution < 1.29 is 9.47 Å². The lowest BCUT2D eigenvalue weighted by Gasteiger charge is -2.35. The average molecular weight is 533 g/mol. The van der Waals surface area contributed by atoms with Crippen molar-refractivity contribution in [3.8, 4) is 11.5 Å². The second kappa shape index (κ2) is 14.6. The van der Waals surface area contributed by atoms with Gasteiger partial charge in [-0.05, 0) is 32.4 Å². The Labute approximate surface area is 199 Å². The third-order valence-electron chi connectivity index (χ3n) is 5.47. The lowest BCUT2D eigenvalue weighted by molar-refractivity contribution is 0.292. The van der Waals surface area contributed by atoms with E-state index in [0.29, 0.717) is 6.04 Å². The van der Waals surface area contributed by atoms with E-state index < -0.39 is 0 Å². The highest BCUT2D eigenvalue weighted by molar-refractivity contribution is 14.0. The molecule has 7 nitrogen and oxygen atoms in total. The number of piperidine rings is 1. The number of methoxy groups -OCH3 is 2. The number of halogens is 1. The summed E-state index contributed by atoms with van der Waals surface area (Å²) in [7, 11) is 5.22. The van der Waals surface area contributed by atoms with Crippen molar-refractivity contribution >= 4 is 35.6 Å². The Morgan fingerprint density at radius 2 is 1.73 bits per heavy atom. The smallest absolute Gasteiger partial charge is 0.191 e. The summed E-state index contributed by atoms with van der Waals surface area (Å²) in [6.45, 7) is 10.6. The highest BCUT2D eigenvalue weighted by Gasteiger charge is 2.21. The molecule has 0 radical (unpaired) electrons. The summed E-state index contributed by atoms with van der Waals surface area (Å²) in [6, 6.07) is 6.50. The zero-order valence-electron chi connectivity index (χ0n) is 19.2. The molecule has 1 heterocycles. The molecular weight excluding hydrogens is 493 g/mol. The highest BCUT2D eigenvalue weighted by Crippen LogP contribution is 2.30. The number of guanidine groups is 1. The van der Waals surface area contributed by atoms with Crippen LogP contribution in [-0.4, -0.2) is 77.4 Å². The summed E-state index contributed by atoms with van der Waals surface area (Å²) in [5.41, 5.74) is 1.15. The Morgan fingerprint density at radius 3 is 2.23 bits per heavy atom. The molecule has 1 fully saturated rings. The molecule has 1 aromatic carbocycles. The van der Waals surface area contributed by atoms with E-state index in [-0.39, 0.29) is 24.0 Å². The number of anilines is 1. The predicted molar refractivity (Wildman–Crippen MR) is 137 cm³/mol. The van der Waals surface area contributed by atoms with Crippen LogP contribution in [0, 0.1) is 0 Å². The molecule has 2 rings (SSSR count). The predicted octanol–water partition coefficient (Wildman–Crippen LogP) is 3.19. The first-order chi connectivity index (χ1) is 14.1. The number of ether oxygens (including phenoxy) is 2. The largest absolute Gasteiger partial charge is 0.497 e. The van der Waals surface area contributed by atoms with E-state index in [1.807, 2.05) is 13.1 Å². The van der Waals surface area contributed by atoms with Gasteiger partial charge in [0.2, 0.25) is 0 Å². The van der Waals surface area contributed by atoms with Crippen molar-refractivity contribution in [3.63, 3.8) is 0 Å². The van der Waals surface area contributed by atoms with Crippen molar-refractivity contribution in [2.75, 3.05) is 65.4 Å². The monoisotopic (exact) mass is 533 g/mol. The number of hydrogen-bond donors (Lipinski definition) is 2. The summed E-state index contributed by atoms with van der Waals surface area (Å²) in [5.74, 6) is 2.56. The van der Waals surface area contributed by atoms with Gasteiger partial charge in [-0.2, -0.15) is 0 Å². The minimum atomic E-state index is 0. The lowest BCUT2D eigenvalue weighted by Crippen LogP contribution is -2.49. The number of nitrogens with zero attached hydrogens (tertiary/aromatic N) is 3. The van der Waals surface area contributed by atoms with Crippen LogP contribution in [-0.2, 0) is 0 Å². The van der Waals surface area contributed by atoms with Gasteiger partial charge < -0.3 is 29.9 Å². The van der Waals surface area contributed by atoms with Crippen LogP contribution in [0.2, 0.25) is 0 Å². The Hall–Kier alpha value is -1.42. The first kappa shape index (κ1) is 26.6. The minimum Gasteiger partial charge on any atom is -0.497 e. The van der Waals surface area contributed by atoms with Crippen LogP contribution in [0.25, 0.3) is 0 Å². The van der Waals surface area contributed by atoms with Gasteiger partial charge in [0.05, 0.1) is 14.2 Å². The van der Waals surface area contributed by atoms with Gasteiger partial charge >= 0.3 is 0 Å². The molecule has 0 saturated carbocycles. The van der Waals surface area contributed by atoms with Crippen LogP contribution in [0.15, 0.2) is 23.2 Å². The summed E-state index contributed by atoms with van der Waals surface area (Å²) in [6.07, 6.45) is 3.33. The van der Waals surface area contributed by atoms with E-state index in [1.54, 1.807) is 14.2 Å². The van der Waals surface area contributed by atoms with Gasteiger partial charge in [-0.1, -0.05) is 13.8 Å². The van der Waals surface area contributed by atoms with Crippen molar-refractivity contribution in [2.45, 2.75) is 39.2 Å². The molecule has 0 amide bonds. The molecule has 1 aromatic rings. The first-order valence-electron chi connectivity index (χ1n) is 10.8. The maximum atomic E-state index is 5.41. The summed E-state index contributed by atoms with van der Waals surface area (Å²) >= 11 is 0. The van der Waals surface area contributed by atoms with Gasteiger partial charge in [0.25, 0.3) is 0 Å². The fraction of sp³-hybridized carbons (Fsp3) is 0.682. The zero-order valence-corrected chi connectivity index (χ0v) is 21.6. The molecule has 0 bridgehead atoms. The van der Waals surface area contributed by atoms with Crippen LogP contribution in [0.1, 0.15) is 33.1 Å². The van der Waals surface area contributed by atoms with Crippen molar-refractivity contribution in [1.29, 1.82) is 0 Å². The molecule has 1 saturated heterocycles. The van der Waals surface area contributed by atoms with Crippen LogP contribution >= 0.6 is 24.0 Å². The number of rotatable bonds is 10. The van der Waals surface area contributed by atoms with Gasteiger partial charge in [-0.25, -0.2) is 0 Å². The molecule has 0 unspecified atom stereocenters. The fourth-order valence-electron chi connectivity index (χ4n) is 3.72. The van der Waals surface area contributed by atoms with Crippen LogP contribution in [0.3, 0.4) is 0 Å². The quantitative estimate of drug-likeness (QED) is 0.274. The van der Waals surface area contributed by atoms with Crippen LogP contribution < -0.4 is 25.0 Å². The number of benzene rings is 1. The summed E-state index contributed by atoms with van der Waals surface area (Å²) < 4.78 is 10.8. The molecule has 2 N–H and O–H groups in total. The van der Waals surface area contributed by atoms with Crippen LogP contribution in [0.5, 0.6) is 11.5 Å². The van der Waals surface area contributed by atoms with Gasteiger partial charge in [-0.15, -0.1) is 24.0 Å². The van der Waals surface area contributed by atoms with E-state index in [0.717, 1.165) is 75.3 Å². The fourth-order valence-corrected chi connectivity index (χ4v) is 3.72. The van der Waals surface area contributed by atoms with Gasteiger partial charge in [-0.3, -0.25) is 4.99 Å². The Morgan fingerprint density at radius 1 is 1.10 bits per heavy atom. The molecule has 0 spiro atoms. The van der Waals surface area contributed by atoms with Crippen molar-refractivity contribution in [1.82, 2.24) is 15.5 Å². The number of hydrogen-bond acceptors (Lipinski definition) is 5. The maximum Gasteiger partial charge on any atom is 0.191 e. The van der Waals surface area contributed by atoms with E-state index >= 15 is 0 Å². The second-order valence-electron chi connectivity index (χ2n) is 7.41. The molecule has 1 aliphatic heterocycles. The van der Waals surface area contributed by atoms with Gasteiger partial charge in [0.1, 0.15) is 11.5 Å². The highest BCUT2D eigenvalue weighted by atomic mass is 127. The Kier molecular flexibility index (Phi) is 12.9. The van der Waals surface area contributed by atoms with E-state index in [9.17, 15) is 0 Å². The molecule has 172 valence electrons. The molecule has 0 aliphatic carbocycles. The van der Waals surface area contributed by atoms with Crippen molar-refractivity contribution in [2.24, 2.45) is 4.99 Å². The number of nitrogens with one attached hydrogen (secondary N) is 2. The summed E-state index contributed by atoms with van der Waals surface area (Å²) in [4.78, 5) is 9.25. The molecular formula is C22H40IN5O2. The second-order valence-corrected chi connectivity index (χ2v) is 7.41. The van der Waals surface area contributed by atoms with Crippen LogP contribution in [0.4, 0.5) is 5.69 Å². The molecule has 8 heteroatoms. The minimum absolute atomic E-state index is 0. The van der Waals surface area contributed by atoms with E-state index in [1.165, 1.54) is 6.42 Å². The summed E-state index contributed by atoms with van der Waals surface area (Å²) in [5, 5.41) is 7.05. The third kappa shape index (κ3) is 8.37. The van der Waals surface area contributed by atoms with E-state index in [2.05, 4.69) is 51.4 Å². The van der Waals surface area contributed by atoms with Gasteiger partial charge in [0.15, 0.2) is 5.96 Å². The molecule has 0 aromatic heterocycles. The third-order valence-corrected chi connectivity index (χ3v) is 5.47. The first-order valence-corrected chi connectivity index (χ1v) is 10.8. The topological polar surface area (TPSA) is 61.4 Å². The average Bonchev–Trinajstić information content (AvgIpc) is 2.77. The Bertz CT molecular complexity index is 614. The molecule has 0 atom stereocenters. The molecule has 30 heavy (non-hydrogen) atoms. The Balaban J connectivity index is 0.00000450. The lowest BCUT2D eigenvalue weighted by atomic mass is 10.0.